The zero-order valence-corrected chi connectivity index (χ0v) is 14.6. The molecule has 0 fully saturated rings. The molecule has 0 amide bonds. The smallest absolute Gasteiger partial charge is 0.335 e. The van der Waals surface area contributed by atoms with E-state index >= 15 is 0 Å². The molecule has 0 unspecified atom stereocenters. The number of benzene rings is 1. The van der Waals surface area contributed by atoms with Gasteiger partial charge in [-0.2, -0.15) is 0 Å². The molecule has 0 heterocycles. The minimum absolute atomic E-state index is 0.0539. The number of likely N-dealkylation sites (N-methyl/N-ethyl adjacent to an activating group) is 1. The van der Waals surface area contributed by atoms with E-state index in [0.717, 1.165) is 12.6 Å². The number of rotatable bonds is 7. The Labute approximate surface area is 133 Å². The van der Waals surface area contributed by atoms with Gasteiger partial charge in [-0.05, 0) is 54.1 Å². The molecule has 1 aromatic carbocycles. The van der Waals surface area contributed by atoms with E-state index in [0.29, 0.717) is 16.6 Å². The van der Waals surface area contributed by atoms with Gasteiger partial charge in [0.15, 0.2) is 0 Å². The first-order valence-electron chi connectivity index (χ1n) is 6.40. The van der Waals surface area contributed by atoms with Crippen LogP contribution in [0.25, 0.3) is 0 Å². The Morgan fingerprint density at radius 2 is 2.05 bits per heavy atom. The summed E-state index contributed by atoms with van der Waals surface area (Å²) in [7, 11) is -1.87. The summed E-state index contributed by atoms with van der Waals surface area (Å²) in [6.07, 6.45) is 0. The molecule has 0 saturated carbocycles. The van der Waals surface area contributed by atoms with Crippen molar-refractivity contribution in [2.45, 2.75) is 18.7 Å². The predicted molar refractivity (Wildman–Crippen MR) is 84.2 cm³/mol. The third kappa shape index (κ3) is 4.77. The highest BCUT2D eigenvalue weighted by Crippen LogP contribution is 2.27. The first-order valence-corrected chi connectivity index (χ1v) is 8.68. The van der Waals surface area contributed by atoms with E-state index in [9.17, 15) is 13.2 Å². The molecule has 0 atom stereocenters. The van der Waals surface area contributed by atoms with Gasteiger partial charge in [0.2, 0.25) is 10.0 Å². The van der Waals surface area contributed by atoms with E-state index in [1.165, 1.54) is 6.07 Å². The van der Waals surface area contributed by atoms with Crippen LogP contribution in [0.15, 0.2) is 21.5 Å². The molecule has 1 rings (SSSR count). The SMILES string of the molecule is CCN(C)CCNS(=O)(=O)c1cc(C(=O)O)cc(C)c1Br. The average Bonchev–Trinajstić information content (AvgIpc) is 2.40. The molecular formula is C13H19BrN2O4S. The van der Waals surface area contributed by atoms with E-state index < -0.39 is 16.0 Å². The number of hydrogen-bond donors (Lipinski definition) is 2. The number of aryl methyl sites for hydroxylation is 1. The van der Waals surface area contributed by atoms with Gasteiger partial charge in [-0.15, -0.1) is 0 Å². The molecule has 0 aliphatic carbocycles. The van der Waals surface area contributed by atoms with E-state index in [4.69, 9.17) is 5.11 Å². The van der Waals surface area contributed by atoms with Gasteiger partial charge in [-0.25, -0.2) is 17.9 Å². The number of carboxylic acid groups (broad SMARTS) is 1. The van der Waals surface area contributed by atoms with Crippen LogP contribution in [0.4, 0.5) is 0 Å². The standard InChI is InChI=1S/C13H19BrN2O4S/c1-4-16(3)6-5-15-21(19,20)11-8-10(13(17)18)7-9(2)12(11)14/h7-8,15H,4-6H2,1-3H3,(H,17,18). The minimum Gasteiger partial charge on any atom is -0.478 e. The summed E-state index contributed by atoms with van der Waals surface area (Å²) in [5.74, 6) is -1.16. The van der Waals surface area contributed by atoms with Gasteiger partial charge >= 0.3 is 5.97 Å². The van der Waals surface area contributed by atoms with E-state index in [1.807, 2.05) is 18.9 Å². The third-order valence-corrected chi connectivity index (χ3v) is 5.88. The van der Waals surface area contributed by atoms with Crippen LogP contribution in [-0.4, -0.2) is 51.1 Å². The molecule has 0 aliphatic rings. The van der Waals surface area contributed by atoms with Crippen molar-refractivity contribution in [3.8, 4) is 0 Å². The lowest BCUT2D eigenvalue weighted by Crippen LogP contribution is -2.33. The lowest BCUT2D eigenvalue weighted by atomic mass is 10.1. The lowest BCUT2D eigenvalue weighted by molar-refractivity contribution is 0.0696. The summed E-state index contributed by atoms with van der Waals surface area (Å²) in [5.41, 5.74) is 0.503. The maximum atomic E-state index is 12.3. The molecule has 0 bridgehead atoms. The van der Waals surface area contributed by atoms with Crippen molar-refractivity contribution >= 4 is 31.9 Å². The van der Waals surface area contributed by atoms with Gasteiger partial charge in [0.05, 0.1) is 10.5 Å². The Kier molecular flexibility index (Phi) is 6.33. The predicted octanol–water partition coefficient (Wildman–Crippen LogP) is 1.69. The first-order chi connectivity index (χ1) is 9.69. The fraction of sp³-hybridized carbons (Fsp3) is 0.462. The van der Waals surface area contributed by atoms with Gasteiger partial charge in [-0.3, -0.25) is 0 Å². The maximum Gasteiger partial charge on any atom is 0.335 e. The molecule has 8 heteroatoms. The van der Waals surface area contributed by atoms with Crippen LogP contribution in [0.1, 0.15) is 22.8 Å². The van der Waals surface area contributed by atoms with Crippen LogP contribution >= 0.6 is 15.9 Å². The highest BCUT2D eigenvalue weighted by atomic mass is 79.9. The van der Waals surface area contributed by atoms with Crippen LogP contribution in [0, 0.1) is 6.92 Å². The Bertz CT molecular complexity index is 631. The minimum atomic E-state index is -3.76. The summed E-state index contributed by atoms with van der Waals surface area (Å²) in [4.78, 5) is 13.0. The molecule has 0 saturated heterocycles. The molecule has 118 valence electrons. The van der Waals surface area contributed by atoms with Crippen molar-refractivity contribution in [3.63, 3.8) is 0 Å². The van der Waals surface area contributed by atoms with Crippen LogP contribution < -0.4 is 4.72 Å². The number of carbonyl (C=O) groups is 1. The second-order valence-corrected chi connectivity index (χ2v) is 7.23. The Morgan fingerprint density at radius 3 is 2.57 bits per heavy atom. The second kappa shape index (κ2) is 7.35. The van der Waals surface area contributed by atoms with Crippen molar-refractivity contribution < 1.29 is 18.3 Å². The summed E-state index contributed by atoms with van der Waals surface area (Å²) in [6, 6.07) is 2.58. The summed E-state index contributed by atoms with van der Waals surface area (Å²) in [6.45, 7) is 5.28. The van der Waals surface area contributed by atoms with E-state index in [1.54, 1.807) is 6.92 Å². The van der Waals surface area contributed by atoms with Gasteiger partial charge < -0.3 is 10.0 Å². The van der Waals surface area contributed by atoms with E-state index in [-0.39, 0.29) is 17.0 Å². The summed E-state index contributed by atoms with van der Waals surface area (Å²) in [5, 5.41) is 9.03. The van der Waals surface area contributed by atoms with Crippen LogP contribution in [0.3, 0.4) is 0 Å². The number of halogens is 1. The largest absolute Gasteiger partial charge is 0.478 e. The van der Waals surface area contributed by atoms with Gasteiger partial charge in [0, 0.05) is 17.6 Å². The fourth-order valence-corrected chi connectivity index (χ4v) is 3.73. The molecule has 2 N–H and O–H groups in total. The highest BCUT2D eigenvalue weighted by Gasteiger charge is 2.21. The molecule has 6 nitrogen and oxygen atoms in total. The molecule has 0 radical (unpaired) electrons. The quantitative estimate of drug-likeness (QED) is 0.753. The first kappa shape index (κ1) is 18.1. The zero-order valence-electron chi connectivity index (χ0n) is 12.2. The van der Waals surface area contributed by atoms with Gasteiger partial charge in [-0.1, -0.05) is 6.92 Å². The number of aromatic carboxylic acids is 1. The second-order valence-electron chi connectivity index (χ2n) is 4.70. The zero-order chi connectivity index (χ0) is 16.2. The van der Waals surface area contributed by atoms with Crippen molar-refractivity contribution in [2.75, 3.05) is 26.7 Å². The van der Waals surface area contributed by atoms with E-state index in [2.05, 4.69) is 20.7 Å². The molecule has 1 aromatic rings. The van der Waals surface area contributed by atoms with Crippen LogP contribution in [0.2, 0.25) is 0 Å². The van der Waals surface area contributed by atoms with Crippen LogP contribution in [-0.2, 0) is 10.0 Å². The molecular weight excluding hydrogens is 360 g/mol. The lowest BCUT2D eigenvalue weighted by Gasteiger charge is -2.15. The molecule has 0 aromatic heterocycles. The van der Waals surface area contributed by atoms with Crippen molar-refractivity contribution in [2.24, 2.45) is 0 Å². The number of hydrogen-bond acceptors (Lipinski definition) is 4. The number of nitrogens with zero attached hydrogens (tertiary/aromatic N) is 1. The maximum absolute atomic E-state index is 12.3. The number of nitrogens with one attached hydrogen (secondary N) is 1. The number of sulfonamides is 1. The monoisotopic (exact) mass is 378 g/mol. The normalized spacial score (nSPS) is 11.9. The molecule has 21 heavy (non-hydrogen) atoms. The Balaban J connectivity index is 3.05. The number of carboxylic acids is 1. The molecule has 0 spiro atoms. The van der Waals surface area contributed by atoms with Crippen molar-refractivity contribution in [3.05, 3.63) is 27.7 Å². The third-order valence-electron chi connectivity index (χ3n) is 3.08. The topological polar surface area (TPSA) is 86.7 Å². The Morgan fingerprint density at radius 1 is 1.43 bits per heavy atom. The average molecular weight is 379 g/mol. The van der Waals surface area contributed by atoms with Crippen molar-refractivity contribution in [1.29, 1.82) is 0 Å². The highest BCUT2D eigenvalue weighted by molar-refractivity contribution is 9.10. The Hall–Kier alpha value is -0.960. The summed E-state index contributed by atoms with van der Waals surface area (Å²) < 4.78 is 27.5. The van der Waals surface area contributed by atoms with Crippen molar-refractivity contribution in [1.82, 2.24) is 9.62 Å². The van der Waals surface area contributed by atoms with Crippen LogP contribution in [0.5, 0.6) is 0 Å². The molecule has 0 aliphatic heterocycles. The van der Waals surface area contributed by atoms with Gasteiger partial charge in [0.25, 0.3) is 0 Å². The fourth-order valence-electron chi connectivity index (χ4n) is 1.66. The van der Waals surface area contributed by atoms with Gasteiger partial charge in [0.1, 0.15) is 0 Å². The summed E-state index contributed by atoms with van der Waals surface area (Å²) >= 11 is 3.21.